The zero-order valence-electron chi connectivity index (χ0n) is 9.10. The minimum atomic E-state index is 0.388. The highest BCUT2D eigenvalue weighted by atomic mass is 16.1. The number of isocyanates is 1. The van der Waals surface area contributed by atoms with Crippen LogP contribution in [0, 0.1) is 0 Å². The lowest BCUT2D eigenvalue weighted by molar-refractivity contribution is 0.563. The Balaban J connectivity index is 2.26. The second-order valence-corrected chi connectivity index (χ2v) is 3.96. The highest BCUT2D eigenvalue weighted by Crippen LogP contribution is 2.26. The van der Waals surface area contributed by atoms with Crippen LogP contribution in [0.25, 0.3) is 21.8 Å². The summed E-state index contributed by atoms with van der Waals surface area (Å²) in [6, 6.07) is 14.2. The number of fused-ring (bicyclic) bond motifs is 3. The third-order valence-electron chi connectivity index (χ3n) is 2.90. The lowest BCUT2D eigenvalue weighted by Gasteiger charge is -1.96. The molecule has 17 heavy (non-hydrogen) atoms. The van der Waals surface area contributed by atoms with Crippen LogP contribution in [-0.4, -0.2) is 11.1 Å². The van der Waals surface area contributed by atoms with Gasteiger partial charge in [-0.05, 0) is 23.8 Å². The van der Waals surface area contributed by atoms with Gasteiger partial charge in [-0.25, -0.2) is 9.79 Å². The Bertz CT molecular complexity index is 736. The van der Waals surface area contributed by atoms with Gasteiger partial charge < -0.3 is 4.98 Å². The number of aromatic nitrogens is 1. The Morgan fingerprint density at radius 1 is 1.06 bits per heavy atom. The Morgan fingerprint density at radius 3 is 2.76 bits per heavy atom. The molecule has 0 atom stereocenters. The SMILES string of the molecule is O=C=NCc1ccc2[nH]c3ccccc3c2c1. The van der Waals surface area contributed by atoms with Crippen LogP contribution in [0.15, 0.2) is 47.5 Å². The van der Waals surface area contributed by atoms with Gasteiger partial charge in [-0.15, -0.1) is 0 Å². The van der Waals surface area contributed by atoms with Crippen LogP contribution in [0.5, 0.6) is 0 Å². The quantitative estimate of drug-likeness (QED) is 0.525. The number of nitrogens with one attached hydrogen (secondary N) is 1. The molecule has 0 spiro atoms. The van der Waals surface area contributed by atoms with E-state index in [1.54, 1.807) is 6.08 Å². The third-order valence-corrected chi connectivity index (χ3v) is 2.90. The molecule has 0 aliphatic carbocycles. The fraction of sp³-hybridized carbons (Fsp3) is 0.0714. The van der Waals surface area contributed by atoms with E-state index in [0.29, 0.717) is 6.54 Å². The number of hydrogen-bond donors (Lipinski definition) is 1. The molecule has 0 saturated carbocycles. The number of para-hydroxylation sites is 1. The van der Waals surface area contributed by atoms with Gasteiger partial charge in [0.2, 0.25) is 6.08 Å². The Hall–Kier alpha value is -2.38. The molecule has 0 fully saturated rings. The van der Waals surface area contributed by atoms with Crippen LogP contribution in [0.4, 0.5) is 0 Å². The molecule has 0 unspecified atom stereocenters. The largest absolute Gasteiger partial charge is 0.355 e. The number of H-pyrrole nitrogens is 1. The van der Waals surface area contributed by atoms with E-state index in [1.807, 2.05) is 24.3 Å². The van der Waals surface area contributed by atoms with Crippen molar-refractivity contribution in [2.45, 2.75) is 6.54 Å². The number of benzene rings is 2. The van der Waals surface area contributed by atoms with E-state index < -0.39 is 0 Å². The molecule has 3 aromatic rings. The van der Waals surface area contributed by atoms with Crippen molar-refractivity contribution in [2.24, 2.45) is 4.99 Å². The number of aliphatic imine (C=N–C) groups is 1. The first-order valence-corrected chi connectivity index (χ1v) is 5.41. The summed E-state index contributed by atoms with van der Waals surface area (Å²) in [4.78, 5) is 17.1. The number of hydrogen-bond acceptors (Lipinski definition) is 2. The Labute approximate surface area is 97.8 Å². The molecular formula is C14H10N2O. The first-order valence-electron chi connectivity index (χ1n) is 5.41. The number of rotatable bonds is 2. The van der Waals surface area contributed by atoms with Crippen LogP contribution in [0.3, 0.4) is 0 Å². The van der Waals surface area contributed by atoms with Gasteiger partial charge in [-0.1, -0.05) is 24.3 Å². The normalized spacial score (nSPS) is 10.6. The second-order valence-electron chi connectivity index (χ2n) is 3.96. The highest BCUT2D eigenvalue weighted by Gasteiger charge is 2.03. The van der Waals surface area contributed by atoms with Gasteiger partial charge in [0.1, 0.15) is 0 Å². The molecular weight excluding hydrogens is 212 g/mol. The Kier molecular flexibility index (Phi) is 2.25. The third kappa shape index (κ3) is 1.63. The Morgan fingerprint density at radius 2 is 1.88 bits per heavy atom. The summed E-state index contributed by atoms with van der Waals surface area (Å²) in [5.41, 5.74) is 3.24. The maximum Gasteiger partial charge on any atom is 0.235 e. The summed E-state index contributed by atoms with van der Waals surface area (Å²) in [5, 5.41) is 2.36. The minimum Gasteiger partial charge on any atom is -0.355 e. The van der Waals surface area contributed by atoms with Crippen molar-refractivity contribution in [3.05, 3.63) is 48.0 Å². The summed E-state index contributed by atoms with van der Waals surface area (Å²) in [6.07, 6.45) is 1.56. The molecule has 0 amide bonds. The molecule has 0 bridgehead atoms. The minimum absolute atomic E-state index is 0.388. The zero-order valence-corrected chi connectivity index (χ0v) is 9.10. The van der Waals surface area contributed by atoms with Crippen molar-refractivity contribution in [2.75, 3.05) is 0 Å². The van der Waals surface area contributed by atoms with Crippen molar-refractivity contribution in [1.29, 1.82) is 0 Å². The molecule has 82 valence electrons. The van der Waals surface area contributed by atoms with E-state index in [-0.39, 0.29) is 0 Å². The first kappa shape index (κ1) is 9.82. The van der Waals surface area contributed by atoms with Crippen molar-refractivity contribution in [1.82, 2.24) is 4.98 Å². The average Bonchev–Trinajstić information content (AvgIpc) is 2.74. The van der Waals surface area contributed by atoms with Crippen LogP contribution in [0.1, 0.15) is 5.56 Å². The first-order chi connectivity index (χ1) is 8.38. The molecule has 1 heterocycles. The van der Waals surface area contributed by atoms with E-state index in [1.165, 1.54) is 10.8 Å². The summed E-state index contributed by atoms with van der Waals surface area (Å²) in [6.45, 7) is 0.388. The fourth-order valence-electron chi connectivity index (χ4n) is 2.12. The van der Waals surface area contributed by atoms with Crippen molar-refractivity contribution < 1.29 is 4.79 Å². The van der Waals surface area contributed by atoms with Crippen molar-refractivity contribution >= 4 is 27.9 Å². The van der Waals surface area contributed by atoms with Crippen molar-refractivity contribution in [3.8, 4) is 0 Å². The van der Waals surface area contributed by atoms with Gasteiger partial charge in [0.25, 0.3) is 0 Å². The van der Waals surface area contributed by atoms with Gasteiger partial charge in [-0.2, -0.15) is 0 Å². The number of nitrogens with zero attached hydrogens (tertiary/aromatic N) is 1. The smallest absolute Gasteiger partial charge is 0.235 e. The maximum atomic E-state index is 10.1. The molecule has 3 nitrogen and oxygen atoms in total. The molecule has 0 radical (unpaired) electrons. The monoisotopic (exact) mass is 222 g/mol. The van der Waals surface area contributed by atoms with Crippen LogP contribution < -0.4 is 0 Å². The lowest BCUT2D eigenvalue weighted by Crippen LogP contribution is -1.80. The highest BCUT2D eigenvalue weighted by molar-refractivity contribution is 6.07. The zero-order chi connectivity index (χ0) is 11.7. The van der Waals surface area contributed by atoms with Crippen molar-refractivity contribution in [3.63, 3.8) is 0 Å². The molecule has 2 aromatic carbocycles. The van der Waals surface area contributed by atoms with Gasteiger partial charge in [0.05, 0.1) is 6.54 Å². The molecule has 1 aromatic heterocycles. The molecule has 3 rings (SSSR count). The van der Waals surface area contributed by atoms with E-state index >= 15 is 0 Å². The second kappa shape index (κ2) is 3.89. The molecule has 3 heteroatoms. The van der Waals surface area contributed by atoms with Gasteiger partial charge >= 0.3 is 0 Å². The topological polar surface area (TPSA) is 45.2 Å². The van der Waals surface area contributed by atoms with Crippen LogP contribution >= 0.6 is 0 Å². The van der Waals surface area contributed by atoms with Gasteiger partial charge in [0.15, 0.2) is 0 Å². The molecule has 0 aliphatic heterocycles. The van der Waals surface area contributed by atoms with E-state index in [0.717, 1.165) is 16.6 Å². The molecule has 1 N–H and O–H groups in total. The van der Waals surface area contributed by atoms with Gasteiger partial charge in [-0.3, -0.25) is 0 Å². The van der Waals surface area contributed by atoms with E-state index in [2.05, 4.69) is 28.2 Å². The standard InChI is InChI=1S/C14H10N2O/c17-9-15-8-10-5-6-14-12(7-10)11-3-1-2-4-13(11)16-14/h1-7,16H,8H2. The number of aromatic amines is 1. The van der Waals surface area contributed by atoms with E-state index in [4.69, 9.17) is 0 Å². The van der Waals surface area contributed by atoms with E-state index in [9.17, 15) is 4.79 Å². The summed E-state index contributed by atoms with van der Waals surface area (Å²) in [7, 11) is 0. The van der Waals surface area contributed by atoms with Gasteiger partial charge in [0, 0.05) is 21.8 Å². The summed E-state index contributed by atoms with van der Waals surface area (Å²) >= 11 is 0. The lowest BCUT2D eigenvalue weighted by atomic mass is 10.1. The summed E-state index contributed by atoms with van der Waals surface area (Å²) < 4.78 is 0. The predicted octanol–water partition coefficient (Wildman–Crippen LogP) is 3.16. The molecule has 0 saturated heterocycles. The van der Waals surface area contributed by atoms with Crippen LogP contribution in [0.2, 0.25) is 0 Å². The van der Waals surface area contributed by atoms with Crippen LogP contribution in [-0.2, 0) is 11.3 Å². The fourth-order valence-corrected chi connectivity index (χ4v) is 2.12. The maximum absolute atomic E-state index is 10.1. The predicted molar refractivity (Wildman–Crippen MR) is 67.6 cm³/mol. The average molecular weight is 222 g/mol. The molecule has 0 aliphatic rings. The number of carbonyl (C=O) groups excluding carboxylic acids is 1. The summed E-state index contributed by atoms with van der Waals surface area (Å²) in [5.74, 6) is 0.